The smallest absolute Gasteiger partial charge is 0.339 e. The zero-order valence-corrected chi connectivity index (χ0v) is 12.3. The molecule has 110 valence electrons. The first kappa shape index (κ1) is 15.3. The second-order valence-corrected chi connectivity index (χ2v) is 4.80. The predicted octanol–water partition coefficient (Wildman–Crippen LogP) is 3.77. The van der Waals surface area contributed by atoms with E-state index in [2.05, 4.69) is 6.07 Å². The second kappa shape index (κ2) is 6.59. The minimum absolute atomic E-state index is 0.0671. The highest BCUT2D eigenvalue weighted by Crippen LogP contribution is 2.23. The van der Waals surface area contributed by atoms with Gasteiger partial charge in [-0.1, -0.05) is 35.9 Å². The summed E-state index contributed by atoms with van der Waals surface area (Å²) < 4.78 is 5.02. The summed E-state index contributed by atoms with van der Waals surface area (Å²) in [7, 11) is 1.42. The molecule has 0 aliphatic heterocycles. The van der Waals surface area contributed by atoms with E-state index in [0.717, 1.165) is 11.1 Å². The molecule has 0 amide bonds. The second-order valence-electron chi connectivity index (χ2n) is 4.80. The van der Waals surface area contributed by atoms with Crippen molar-refractivity contribution in [3.05, 3.63) is 64.7 Å². The number of rotatable bonds is 4. The lowest BCUT2D eigenvalue weighted by Crippen LogP contribution is -2.00. The highest BCUT2D eigenvalue weighted by molar-refractivity contribution is 5.94. The van der Waals surface area contributed by atoms with Gasteiger partial charge in [0.05, 0.1) is 18.8 Å². The van der Waals surface area contributed by atoms with Crippen LogP contribution in [0.15, 0.2) is 42.5 Å². The summed E-state index contributed by atoms with van der Waals surface area (Å²) in [6.07, 6.45) is 1.66. The van der Waals surface area contributed by atoms with E-state index in [1.54, 1.807) is 18.2 Å². The Morgan fingerprint density at radius 1 is 1.23 bits per heavy atom. The number of methoxy groups -OCH3 is 1. The summed E-state index contributed by atoms with van der Waals surface area (Å²) in [5.41, 5.74) is 3.08. The molecule has 22 heavy (non-hydrogen) atoms. The van der Waals surface area contributed by atoms with Crippen LogP contribution in [-0.4, -0.2) is 18.2 Å². The fourth-order valence-corrected chi connectivity index (χ4v) is 2.06. The van der Waals surface area contributed by atoms with Crippen LogP contribution in [0, 0.1) is 18.3 Å². The number of carboxylic acids is 1. The number of hydrogen-bond acceptors (Lipinski definition) is 3. The van der Waals surface area contributed by atoms with Gasteiger partial charge in [-0.05, 0) is 36.3 Å². The Labute approximate surface area is 128 Å². The van der Waals surface area contributed by atoms with Crippen molar-refractivity contribution >= 4 is 17.6 Å². The lowest BCUT2D eigenvalue weighted by molar-refractivity contribution is 0.0693. The summed E-state index contributed by atoms with van der Waals surface area (Å²) >= 11 is 0. The van der Waals surface area contributed by atoms with E-state index in [9.17, 15) is 15.2 Å². The maximum atomic E-state index is 11.2. The fourth-order valence-electron chi connectivity index (χ4n) is 2.06. The number of aromatic carboxylic acids is 1. The number of carboxylic acid groups (broad SMARTS) is 1. The van der Waals surface area contributed by atoms with Crippen LogP contribution < -0.4 is 4.74 Å². The predicted molar refractivity (Wildman–Crippen MR) is 84.6 cm³/mol. The summed E-state index contributed by atoms with van der Waals surface area (Å²) in [5.74, 6) is -0.778. The zero-order chi connectivity index (χ0) is 16.1. The Balaban J connectivity index is 2.46. The largest absolute Gasteiger partial charge is 0.496 e. The van der Waals surface area contributed by atoms with Crippen LogP contribution in [0.5, 0.6) is 5.75 Å². The molecule has 0 saturated heterocycles. The monoisotopic (exact) mass is 293 g/mol. The molecule has 0 radical (unpaired) electrons. The van der Waals surface area contributed by atoms with E-state index in [0.29, 0.717) is 16.9 Å². The van der Waals surface area contributed by atoms with Gasteiger partial charge >= 0.3 is 5.97 Å². The fraction of sp³-hybridized carbons (Fsp3) is 0.111. The number of nitrogens with zero attached hydrogens (tertiary/aromatic N) is 1. The van der Waals surface area contributed by atoms with Crippen LogP contribution >= 0.6 is 0 Å². The van der Waals surface area contributed by atoms with Gasteiger partial charge in [-0.3, -0.25) is 0 Å². The molecule has 0 fully saturated rings. The average molecular weight is 293 g/mol. The Morgan fingerprint density at radius 3 is 2.45 bits per heavy atom. The highest BCUT2D eigenvalue weighted by Gasteiger charge is 2.11. The molecular weight excluding hydrogens is 278 g/mol. The number of nitriles is 1. The van der Waals surface area contributed by atoms with E-state index in [4.69, 9.17) is 4.74 Å². The van der Waals surface area contributed by atoms with Gasteiger partial charge in [0, 0.05) is 0 Å². The Bertz CT molecular complexity index is 768. The van der Waals surface area contributed by atoms with Gasteiger partial charge in [-0.15, -0.1) is 0 Å². The van der Waals surface area contributed by atoms with Gasteiger partial charge in [0.1, 0.15) is 11.3 Å². The molecule has 2 aromatic carbocycles. The molecule has 0 aliphatic carbocycles. The molecular formula is C18H15NO3. The number of allylic oxidation sites excluding steroid dienone is 1. The maximum absolute atomic E-state index is 11.2. The van der Waals surface area contributed by atoms with Crippen molar-refractivity contribution in [3.63, 3.8) is 0 Å². The van der Waals surface area contributed by atoms with Crippen molar-refractivity contribution in [1.29, 1.82) is 5.26 Å². The number of carbonyl (C=O) groups is 1. The third kappa shape index (κ3) is 3.33. The van der Waals surface area contributed by atoms with Crippen molar-refractivity contribution < 1.29 is 14.6 Å². The Hall–Kier alpha value is -3.06. The number of aryl methyl sites for hydroxylation is 1. The van der Waals surface area contributed by atoms with Crippen LogP contribution in [-0.2, 0) is 0 Å². The first-order valence-corrected chi connectivity index (χ1v) is 6.65. The van der Waals surface area contributed by atoms with Crippen LogP contribution in [0.3, 0.4) is 0 Å². The molecule has 0 aromatic heterocycles. The lowest BCUT2D eigenvalue weighted by atomic mass is 10.0. The normalized spacial score (nSPS) is 10.9. The average Bonchev–Trinajstić information content (AvgIpc) is 2.53. The van der Waals surface area contributed by atoms with Crippen molar-refractivity contribution in [3.8, 4) is 11.8 Å². The minimum atomic E-state index is -1.07. The van der Waals surface area contributed by atoms with Crippen LogP contribution in [0.25, 0.3) is 11.6 Å². The molecule has 0 heterocycles. The van der Waals surface area contributed by atoms with Gasteiger partial charge in [0.25, 0.3) is 0 Å². The third-order valence-corrected chi connectivity index (χ3v) is 3.25. The molecule has 0 bridgehead atoms. The molecule has 2 aromatic rings. The Morgan fingerprint density at radius 2 is 1.91 bits per heavy atom. The maximum Gasteiger partial charge on any atom is 0.339 e. The molecule has 0 spiro atoms. The molecule has 0 unspecified atom stereocenters. The molecule has 4 nitrogen and oxygen atoms in total. The molecule has 1 N–H and O–H groups in total. The topological polar surface area (TPSA) is 70.3 Å². The van der Waals surface area contributed by atoms with E-state index in [1.807, 2.05) is 31.2 Å². The van der Waals surface area contributed by atoms with Gasteiger partial charge < -0.3 is 9.84 Å². The van der Waals surface area contributed by atoms with E-state index >= 15 is 0 Å². The molecule has 0 saturated carbocycles. The summed E-state index contributed by atoms with van der Waals surface area (Å²) in [5, 5.41) is 18.5. The standard InChI is InChI=1S/C18H15NO3/c1-12-3-6-14(7-4-12)15(11-19)9-13-5-8-17(22-2)16(10-13)18(20)21/h3-10H,1-2H3,(H,20,21). The lowest BCUT2D eigenvalue weighted by Gasteiger charge is -2.06. The SMILES string of the molecule is COc1ccc(C=C(C#N)c2ccc(C)cc2)cc1C(=O)O. The van der Waals surface area contributed by atoms with Crippen molar-refractivity contribution in [2.75, 3.05) is 7.11 Å². The van der Waals surface area contributed by atoms with E-state index in [1.165, 1.54) is 13.2 Å². The zero-order valence-electron chi connectivity index (χ0n) is 12.3. The molecule has 0 aliphatic rings. The Kier molecular flexibility index (Phi) is 4.60. The molecule has 2 rings (SSSR count). The summed E-state index contributed by atoms with van der Waals surface area (Å²) in [4.78, 5) is 11.2. The van der Waals surface area contributed by atoms with Gasteiger partial charge in [0.2, 0.25) is 0 Å². The van der Waals surface area contributed by atoms with Crippen molar-refractivity contribution in [1.82, 2.24) is 0 Å². The van der Waals surface area contributed by atoms with Crippen LogP contribution in [0.4, 0.5) is 0 Å². The van der Waals surface area contributed by atoms with Gasteiger partial charge in [-0.25, -0.2) is 4.79 Å². The van der Waals surface area contributed by atoms with Crippen molar-refractivity contribution in [2.45, 2.75) is 6.92 Å². The third-order valence-electron chi connectivity index (χ3n) is 3.25. The van der Waals surface area contributed by atoms with Crippen LogP contribution in [0.2, 0.25) is 0 Å². The van der Waals surface area contributed by atoms with Gasteiger partial charge in [-0.2, -0.15) is 5.26 Å². The summed E-state index contributed by atoms with van der Waals surface area (Å²) in [6, 6.07) is 14.5. The molecule has 0 atom stereocenters. The first-order valence-electron chi connectivity index (χ1n) is 6.65. The quantitative estimate of drug-likeness (QED) is 0.688. The molecule has 4 heteroatoms. The van der Waals surface area contributed by atoms with E-state index in [-0.39, 0.29) is 5.56 Å². The van der Waals surface area contributed by atoms with Crippen LogP contribution in [0.1, 0.15) is 27.0 Å². The van der Waals surface area contributed by atoms with E-state index < -0.39 is 5.97 Å². The minimum Gasteiger partial charge on any atom is -0.496 e. The number of benzene rings is 2. The highest BCUT2D eigenvalue weighted by atomic mass is 16.5. The van der Waals surface area contributed by atoms with Crippen molar-refractivity contribution in [2.24, 2.45) is 0 Å². The summed E-state index contributed by atoms with van der Waals surface area (Å²) in [6.45, 7) is 1.97. The number of hydrogen-bond donors (Lipinski definition) is 1. The van der Waals surface area contributed by atoms with Gasteiger partial charge in [0.15, 0.2) is 0 Å². The first-order chi connectivity index (χ1) is 10.5. The number of ether oxygens (including phenoxy) is 1.